The van der Waals surface area contributed by atoms with Crippen molar-refractivity contribution in [2.24, 2.45) is 0 Å². The van der Waals surface area contributed by atoms with E-state index in [1.54, 1.807) is 13.0 Å². The molecule has 0 heterocycles. The Hall–Kier alpha value is -0.570. The van der Waals surface area contributed by atoms with Gasteiger partial charge in [0.05, 0.1) is 16.5 Å². The molecule has 0 amide bonds. The smallest absolute Gasteiger partial charge is 0.207 e. The van der Waals surface area contributed by atoms with Crippen molar-refractivity contribution in [3.05, 3.63) is 27.7 Å². The topological polar surface area (TPSA) is 57.9 Å². The van der Waals surface area contributed by atoms with Gasteiger partial charge >= 0.3 is 0 Å². The molecular weight excluding hydrogens is 290 g/mol. The molecule has 0 bridgehead atoms. The maximum Gasteiger partial charge on any atom is 0.262 e. The Morgan fingerprint density at radius 1 is 1.50 bits per heavy atom. The standard InChI is InChI=1S/C8H5BrClNO2S/c1-5-2-6(4-11)3-7(8(5)9)14(10,12)13/h2-3H,1H3. The Bertz CT molecular complexity index is 519. The van der Waals surface area contributed by atoms with Gasteiger partial charge in [-0.05, 0) is 40.5 Å². The van der Waals surface area contributed by atoms with Crippen LogP contribution in [0.5, 0.6) is 0 Å². The zero-order valence-electron chi connectivity index (χ0n) is 7.08. The highest BCUT2D eigenvalue weighted by Gasteiger charge is 2.17. The van der Waals surface area contributed by atoms with Gasteiger partial charge in [0.25, 0.3) is 9.05 Å². The maximum absolute atomic E-state index is 11.1. The van der Waals surface area contributed by atoms with Gasteiger partial charge in [-0.1, -0.05) is 0 Å². The van der Waals surface area contributed by atoms with Crippen LogP contribution >= 0.6 is 26.6 Å². The van der Waals surface area contributed by atoms with E-state index >= 15 is 0 Å². The van der Waals surface area contributed by atoms with Gasteiger partial charge in [0, 0.05) is 15.2 Å². The number of rotatable bonds is 1. The largest absolute Gasteiger partial charge is 0.262 e. The molecule has 0 radical (unpaired) electrons. The second-order valence-corrected chi connectivity index (χ2v) is 5.98. The minimum Gasteiger partial charge on any atom is -0.207 e. The molecule has 0 unspecified atom stereocenters. The summed E-state index contributed by atoms with van der Waals surface area (Å²) in [6.45, 7) is 1.69. The molecule has 0 aliphatic rings. The Morgan fingerprint density at radius 2 is 2.07 bits per heavy atom. The Balaban J connectivity index is 3.61. The highest BCUT2D eigenvalue weighted by molar-refractivity contribution is 9.10. The summed E-state index contributed by atoms with van der Waals surface area (Å²) in [4.78, 5) is -0.0734. The molecule has 1 rings (SSSR count). The predicted octanol–water partition coefficient (Wildman–Crippen LogP) is 2.56. The molecule has 0 aromatic heterocycles. The van der Waals surface area contributed by atoms with Crippen molar-refractivity contribution in [1.82, 2.24) is 0 Å². The third-order valence-corrected chi connectivity index (χ3v) is 4.27. The summed E-state index contributed by atoms with van der Waals surface area (Å²) in [5.74, 6) is 0. The van der Waals surface area contributed by atoms with Gasteiger partial charge in [-0.2, -0.15) is 5.26 Å². The molecule has 1 aromatic rings. The first-order chi connectivity index (χ1) is 6.36. The zero-order valence-corrected chi connectivity index (χ0v) is 10.2. The average molecular weight is 295 g/mol. The van der Waals surface area contributed by atoms with Crippen molar-refractivity contribution in [2.45, 2.75) is 11.8 Å². The molecule has 14 heavy (non-hydrogen) atoms. The molecule has 0 saturated heterocycles. The minimum absolute atomic E-state index is 0.0734. The minimum atomic E-state index is -3.81. The number of nitriles is 1. The first kappa shape index (κ1) is 11.5. The van der Waals surface area contributed by atoms with Crippen molar-refractivity contribution in [1.29, 1.82) is 5.26 Å². The first-order valence-electron chi connectivity index (χ1n) is 3.51. The average Bonchev–Trinajstić information content (AvgIpc) is 2.07. The van der Waals surface area contributed by atoms with Crippen molar-refractivity contribution in [3.8, 4) is 6.07 Å². The second kappa shape index (κ2) is 3.89. The molecule has 0 atom stereocenters. The highest BCUT2D eigenvalue weighted by atomic mass is 79.9. The summed E-state index contributed by atoms with van der Waals surface area (Å²) in [5.41, 5.74) is 0.924. The van der Waals surface area contributed by atoms with Gasteiger partial charge in [-0.15, -0.1) is 0 Å². The quantitative estimate of drug-likeness (QED) is 0.748. The summed E-state index contributed by atoms with van der Waals surface area (Å²) < 4.78 is 22.6. The van der Waals surface area contributed by atoms with Crippen LogP contribution in [-0.2, 0) is 9.05 Å². The van der Waals surface area contributed by atoms with Gasteiger partial charge < -0.3 is 0 Å². The van der Waals surface area contributed by atoms with Crippen LogP contribution in [0.2, 0.25) is 0 Å². The van der Waals surface area contributed by atoms with Crippen LogP contribution < -0.4 is 0 Å². The number of benzene rings is 1. The molecule has 1 aromatic carbocycles. The fourth-order valence-electron chi connectivity index (χ4n) is 0.979. The van der Waals surface area contributed by atoms with Crippen LogP contribution in [-0.4, -0.2) is 8.42 Å². The molecule has 0 aliphatic heterocycles. The lowest BCUT2D eigenvalue weighted by Crippen LogP contribution is -1.95. The molecule has 74 valence electrons. The van der Waals surface area contributed by atoms with E-state index in [4.69, 9.17) is 15.9 Å². The Labute approximate surface area is 94.9 Å². The number of hydrogen-bond donors (Lipinski definition) is 0. The van der Waals surface area contributed by atoms with Gasteiger partial charge in [0.15, 0.2) is 0 Å². The van der Waals surface area contributed by atoms with Crippen LogP contribution in [0.1, 0.15) is 11.1 Å². The Morgan fingerprint density at radius 3 is 2.50 bits per heavy atom. The van der Waals surface area contributed by atoms with E-state index in [0.29, 0.717) is 10.0 Å². The Kier molecular flexibility index (Phi) is 3.20. The van der Waals surface area contributed by atoms with Gasteiger partial charge in [-0.25, -0.2) is 8.42 Å². The van der Waals surface area contributed by atoms with E-state index in [2.05, 4.69) is 15.9 Å². The van der Waals surface area contributed by atoms with Crippen LogP contribution in [0, 0.1) is 18.3 Å². The van der Waals surface area contributed by atoms with E-state index in [-0.39, 0.29) is 10.5 Å². The van der Waals surface area contributed by atoms with Gasteiger partial charge in [0.1, 0.15) is 0 Å². The van der Waals surface area contributed by atoms with Gasteiger partial charge in [-0.3, -0.25) is 0 Å². The molecule has 0 aliphatic carbocycles. The fourth-order valence-corrected chi connectivity index (χ4v) is 3.13. The molecule has 0 N–H and O–H groups in total. The van der Waals surface area contributed by atoms with Crippen molar-refractivity contribution in [3.63, 3.8) is 0 Å². The number of halogens is 2. The summed E-state index contributed by atoms with van der Waals surface area (Å²) in [6, 6.07) is 4.68. The molecule has 3 nitrogen and oxygen atoms in total. The van der Waals surface area contributed by atoms with Crippen LogP contribution in [0.3, 0.4) is 0 Å². The molecule has 0 fully saturated rings. The third kappa shape index (κ3) is 2.27. The number of aryl methyl sites for hydroxylation is 1. The zero-order chi connectivity index (χ0) is 10.9. The van der Waals surface area contributed by atoms with Crippen molar-refractivity contribution < 1.29 is 8.42 Å². The molecular formula is C8H5BrClNO2S. The second-order valence-electron chi connectivity index (χ2n) is 2.65. The van der Waals surface area contributed by atoms with E-state index in [0.717, 1.165) is 0 Å². The van der Waals surface area contributed by atoms with Crippen LogP contribution in [0.4, 0.5) is 0 Å². The molecule has 0 spiro atoms. The summed E-state index contributed by atoms with van der Waals surface area (Å²) in [5, 5.41) is 8.64. The van der Waals surface area contributed by atoms with Crippen LogP contribution in [0.25, 0.3) is 0 Å². The van der Waals surface area contributed by atoms with E-state index in [1.165, 1.54) is 6.07 Å². The lowest BCUT2D eigenvalue weighted by atomic mass is 10.2. The van der Waals surface area contributed by atoms with Gasteiger partial charge in [0.2, 0.25) is 0 Å². The fraction of sp³-hybridized carbons (Fsp3) is 0.125. The normalized spacial score (nSPS) is 11.0. The summed E-state index contributed by atoms with van der Waals surface area (Å²) in [6.07, 6.45) is 0. The lowest BCUT2D eigenvalue weighted by Gasteiger charge is -2.04. The van der Waals surface area contributed by atoms with E-state index < -0.39 is 9.05 Å². The van der Waals surface area contributed by atoms with Crippen molar-refractivity contribution >= 4 is 35.7 Å². The summed E-state index contributed by atoms with van der Waals surface area (Å²) >= 11 is 3.11. The number of hydrogen-bond acceptors (Lipinski definition) is 3. The first-order valence-corrected chi connectivity index (χ1v) is 6.61. The highest BCUT2D eigenvalue weighted by Crippen LogP contribution is 2.29. The monoisotopic (exact) mass is 293 g/mol. The summed E-state index contributed by atoms with van der Waals surface area (Å²) in [7, 11) is 1.38. The van der Waals surface area contributed by atoms with Crippen molar-refractivity contribution in [2.75, 3.05) is 0 Å². The van der Waals surface area contributed by atoms with E-state index in [1.807, 2.05) is 6.07 Å². The molecule has 6 heteroatoms. The predicted molar refractivity (Wildman–Crippen MR) is 56.6 cm³/mol. The maximum atomic E-state index is 11.1. The van der Waals surface area contributed by atoms with Crippen LogP contribution in [0.15, 0.2) is 21.5 Å². The number of nitrogens with zero attached hydrogens (tertiary/aromatic N) is 1. The van der Waals surface area contributed by atoms with E-state index in [9.17, 15) is 8.42 Å². The molecule has 0 saturated carbocycles. The SMILES string of the molecule is Cc1cc(C#N)cc(S(=O)(=O)Cl)c1Br. The third-order valence-electron chi connectivity index (χ3n) is 1.61. The lowest BCUT2D eigenvalue weighted by molar-refractivity contribution is 0.609.